The highest BCUT2D eigenvalue weighted by atomic mass is 16.2. The van der Waals surface area contributed by atoms with Crippen LogP contribution in [0.2, 0.25) is 0 Å². The number of hydrogen-bond acceptors (Lipinski definition) is 3. The van der Waals surface area contributed by atoms with Gasteiger partial charge < -0.3 is 9.88 Å². The fourth-order valence-corrected chi connectivity index (χ4v) is 3.21. The molecule has 2 amide bonds. The molecule has 2 N–H and O–H groups in total. The van der Waals surface area contributed by atoms with E-state index >= 15 is 0 Å². The van der Waals surface area contributed by atoms with Crippen LogP contribution in [0.3, 0.4) is 0 Å². The summed E-state index contributed by atoms with van der Waals surface area (Å²) in [5.41, 5.74) is 4.51. The molecular formula is C19H22N6O. The van der Waals surface area contributed by atoms with Gasteiger partial charge >= 0.3 is 6.03 Å². The van der Waals surface area contributed by atoms with Crippen LogP contribution in [0, 0.1) is 0 Å². The third-order valence-electron chi connectivity index (χ3n) is 4.46. The van der Waals surface area contributed by atoms with Gasteiger partial charge in [0, 0.05) is 25.5 Å². The number of nitrogens with zero attached hydrogens (tertiary/aromatic N) is 4. The number of benzene rings is 1. The van der Waals surface area contributed by atoms with Gasteiger partial charge in [0.15, 0.2) is 5.82 Å². The number of amides is 2. The number of rotatable bonds is 4. The smallest absolute Gasteiger partial charge is 0.307 e. The fraction of sp³-hybridized carbons (Fsp3) is 0.263. The van der Waals surface area contributed by atoms with E-state index in [-0.39, 0.29) is 6.03 Å². The summed E-state index contributed by atoms with van der Waals surface area (Å²) in [5.74, 6) is 0.787. The number of anilines is 1. The van der Waals surface area contributed by atoms with Gasteiger partial charge in [-0.1, -0.05) is 24.6 Å². The van der Waals surface area contributed by atoms with Crippen molar-refractivity contribution in [2.24, 2.45) is 0 Å². The molecule has 1 aliphatic rings. The number of hydrogen-bond donors (Lipinski definition) is 2. The van der Waals surface area contributed by atoms with Gasteiger partial charge in [-0.05, 0) is 37.1 Å². The van der Waals surface area contributed by atoms with E-state index in [0.717, 1.165) is 37.4 Å². The Morgan fingerprint density at radius 1 is 0.962 bits per heavy atom. The minimum atomic E-state index is -0.243. The zero-order valence-electron chi connectivity index (χ0n) is 14.5. The lowest BCUT2D eigenvalue weighted by Crippen LogP contribution is -2.46. The summed E-state index contributed by atoms with van der Waals surface area (Å²) in [6.45, 7) is 1.78. The van der Waals surface area contributed by atoms with E-state index in [1.54, 1.807) is 6.20 Å². The van der Waals surface area contributed by atoms with Gasteiger partial charge in [0.25, 0.3) is 0 Å². The van der Waals surface area contributed by atoms with E-state index in [1.807, 2.05) is 69.1 Å². The molecule has 7 nitrogen and oxygen atoms in total. The number of hydrazine groups is 1. The van der Waals surface area contributed by atoms with Crippen molar-refractivity contribution in [2.75, 3.05) is 18.4 Å². The van der Waals surface area contributed by atoms with Gasteiger partial charge in [-0.25, -0.2) is 14.5 Å². The third-order valence-corrected chi connectivity index (χ3v) is 4.46. The first kappa shape index (κ1) is 16.4. The maximum absolute atomic E-state index is 12.4. The molecule has 1 aromatic carbocycles. The average molecular weight is 350 g/mol. The largest absolute Gasteiger partial charge is 0.333 e. The van der Waals surface area contributed by atoms with Gasteiger partial charge in [0.1, 0.15) is 5.69 Å². The molecular weight excluding hydrogens is 328 g/mol. The molecule has 2 aromatic heterocycles. The second kappa shape index (κ2) is 7.45. The molecule has 0 spiro atoms. The monoisotopic (exact) mass is 350 g/mol. The van der Waals surface area contributed by atoms with Crippen molar-refractivity contribution in [2.45, 2.75) is 19.3 Å². The number of piperidine rings is 1. The minimum absolute atomic E-state index is 0.243. The van der Waals surface area contributed by atoms with Gasteiger partial charge in [0.05, 0.1) is 11.9 Å². The number of nitrogens with one attached hydrogen (secondary N) is 2. The van der Waals surface area contributed by atoms with Crippen LogP contribution in [0.4, 0.5) is 10.5 Å². The molecule has 0 aliphatic carbocycles. The van der Waals surface area contributed by atoms with E-state index in [9.17, 15) is 4.79 Å². The molecule has 1 aliphatic heterocycles. The summed E-state index contributed by atoms with van der Waals surface area (Å²) in [7, 11) is 0. The van der Waals surface area contributed by atoms with Crippen molar-refractivity contribution in [1.29, 1.82) is 0 Å². The second-order valence-electron chi connectivity index (χ2n) is 6.33. The normalized spacial score (nSPS) is 14.9. The molecule has 7 heteroatoms. The van der Waals surface area contributed by atoms with Crippen LogP contribution in [-0.2, 0) is 0 Å². The van der Waals surface area contributed by atoms with Crippen LogP contribution in [0.1, 0.15) is 19.3 Å². The summed E-state index contributed by atoms with van der Waals surface area (Å²) in [6, 6.07) is 13.5. The highest BCUT2D eigenvalue weighted by Gasteiger charge is 2.18. The fourth-order valence-electron chi connectivity index (χ4n) is 3.21. The SMILES string of the molecule is O=C(Nc1cnn(-c2ccccc2)c1-n1cccc1)NN1CCCCC1. The van der Waals surface area contributed by atoms with Crippen LogP contribution in [0.25, 0.3) is 11.5 Å². The lowest BCUT2D eigenvalue weighted by atomic mass is 10.2. The molecule has 26 heavy (non-hydrogen) atoms. The maximum atomic E-state index is 12.4. The highest BCUT2D eigenvalue weighted by Crippen LogP contribution is 2.23. The van der Waals surface area contributed by atoms with Crippen molar-refractivity contribution >= 4 is 11.7 Å². The lowest BCUT2D eigenvalue weighted by Gasteiger charge is -2.26. The molecule has 3 heterocycles. The van der Waals surface area contributed by atoms with Gasteiger partial charge in [0.2, 0.25) is 0 Å². The summed E-state index contributed by atoms with van der Waals surface area (Å²) in [6.07, 6.45) is 9.00. The minimum Gasteiger partial charge on any atom is -0.307 e. The molecule has 0 saturated carbocycles. The maximum Gasteiger partial charge on any atom is 0.333 e. The summed E-state index contributed by atoms with van der Waals surface area (Å²) >= 11 is 0. The van der Waals surface area contributed by atoms with Crippen LogP contribution in [0.15, 0.2) is 61.1 Å². The molecule has 4 rings (SSSR count). The predicted molar refractivity (Wildman–Crippen MR) is 100 cm³/mol. The summed E-state index contributed by atoms with van der Waals surface area (Å²) in [5, 5.41) is 9.39. The number of urea groups is 1. The Bertz CT molecular complexity index is 850. The van der Waals surface area contributed by atoms with Crippen molar-refractivity contribution < 1.29 is 4.79 Å². The van der Waals surface area contributed by atoms with Crippen LogP contribution < -0.4 is 10.7 Å². The Hall–Kier alpha value is -3.06. The number of aromatic nitrogens is 3. The number of para-hydroxylation sites is 1. The van der Waals surface area contributed by atoms with E-state index in [1.165, 1.54) is 6.42 Å². The highest BCUT2D eigenvalue weighted by molar-refractivity contribution is 5.90. The van der Waals surface area contributed by atoms with Crippen molar-refractivity contribution in [3.8, 4) is 11.5 Å². The standard InChI is InChI=1S/C19H22N6O/c26-19(22-24-13-5-2-6-14-24)21-17-15-20-25(16-9-3-1-4-10-16)18(17)23-11-7-8-12-23/h1,3-4,7-12,15H,2,5-6,13-14H2,(H2,21,22,26). The van der Waals surface area contributed by atoms with E-state index < -0.39 is 0 Å². The number of carbonyl (C=O) groups excluding carboxylic acids is 1. The zero-order chi connectivity index (χ0) is 17.8. The zero-order valence-corrected chi connectivity index (χ0v) is 14.5. The molecule has 0 radical (unpaired) electrons. The first-order valence-electron chi connectivity index (χ1n) is 8.90. The summed E-state index contributed by atoms with van der Waals surface area (Å²) in [4.78, 5) is 12.4. The molecule has 1 fully saturated rings. The van der Waals surface area contributed by atoms with Crippen LogP contribution >= 0.6 is 0 Å². The number of carbonyl (C=O) groups is 1. The molecule has 3 aromatic rings. The lowest BCUT2D eigenvalue weighted by molar-refractivity contribution is 0.162. The van der Waals surface area contributed by atoms with E-state index in [2.05, 4.69) is 15.8 Å². The Morgan fingerprint density at radius 3 is 2.42 bits per heavy atom. The van der Waals surface area contributed by atoms with Gasteiger partial charge in [-0.3, -0.25) is 5.43 Å². The summed E-state index contributed by atoms with van der Waals surface area (Å²) < 4.78 is 3.76. The first-order chi connectivity index (χ1) is 12.8. The van der Waals surface area contributed by atoms with E-state index in [4.69, 9.17) is 0 Å². The van der Waals surface area contributed by atoms with Crippen molar-refractivity contribution in [1.82, 2.24) is 24.8 Å². The molecule has 0 unspecified atom stereocenters. The quantitative estimate of drug-likeness (QED) is 0.759. The van der Waals surface area contributed by atoms with Crippen LogP contribution in [-0.4, -0.2) is 38.5 Å². The third kappa shape index (κ3) is 3.48. The molecule has 134 valence electrons. The Labute approximate surface area is 152 Å². The molecule has 1 saturated heterocycles. The Morgan fingerprint density at radius 2 is 1.69 bits per heavy atom. The van der Waals surface area contributed by atoms with Crippen molar-refractivity contribution in [3.05, 3.63) is 61.1 Å². The molecule has 0 bridgehead atoms. The van der Waals surface area contributed by atoms with E-state index in [0.29, 0.717) is 5.69 Å². The van der Waals surface area contributed by atoms with Gasteiger partial charge in [-0.2, -0.15) is 5.10 Å². The second-order valence-corrected chi connectivity index (χ2v) is 6.33. The van der Waals surface area contributed by atoms with Crippen LogP contribution in [0.5, 0.6) is 0 Å². The van der Waals surface area contributed by atoms with Crippen molar-refractivity contribution in [3.63, 3.8) is 0 Å². The topological polar surface area (TPSA) is 67.1 Å². The Balaban J connectivity index is 1.60. The Kier molecular flexibility index (Phi) is 4.70. The molecule has 0 atom stereocenters. The average Bonchev–Trinajstić information content (AvgIpc) is 3.32. The predicted octanol–water partition coefficient (Wildman–Crippen LogP) is 3.19. The van der Waals surface area contributed by atoms with Gasteiger partial charge in [-0.15, -0.1) is 0 Å². The first-order valence-corrected chi connectivity index (χ1v) is 8.90.